The van der Waals surface area contributed by atoms with E-state index in [-0.39, 0.29) is 0 Å². The summed E-state index contributed by atoms with van der Waals surface area (Å²) in [6.45, 7) is 0. The molecule has 0 unspecified atom stereocenters. The number of anilines is 1. The third-order valence-corrected chi connectivity index (χ3v) is 2.23. The van der Waals surface area contributed by atoms with Gasteiger partial charge in [-0.3, -0.25) is 4.79 Å². The Morgan fingerprint density at radius 1 is 1.62 bits per heavy atom. The Bertz CT molecular complexity index is 330. The van der Waals surface area contributed by atoms with Crippen molar-refractivity contribution in [3.8, 4) is 5.75 Å². The summed E-state index contributed by atoms with van der Waals surface area (Å²) in [5, 5.41) is 3.01. The molecule has 3 nitrogen and oxygen atoms in total. The number of benzene rings is 1. The van der Waals surface area contributed by atoms with E-state index in [1.165, 1.54) is 7.11 Å². The molecule has 0 bridgehead atoms. The summed E-state index contributed by atoms with van der Waals surface area (Å²) in [5.41, 5.74) is 0.539. The summed E-state index contributed by atoms with van der Waals surface area (Å²) in [4.78, 5) is 10.2. The summed E-state index contributed by atoms with van der Waals surface area (Å²) in [5.74, 6) is 0.552. The number of ether oxygens (including phenoxy) is 1. The van der Waals surface area contributed by atoms with E-state index in [4.69, 9.17) is 16.3 Å². The van der Waals surface area contributed by atoms with Gasteiger partial charge in [-0.05, 0) is 28.1 Å². The van der Waals surface area contributed by atoms with Gasteiger partial charge < -0.3 is 10.1 Å². The van der Waals surface area contributed by atoms with Gasteiger partial charge in [0.2, 0.25) is 6.41 Å². The van der Waals surface area contributed by atoms with Gasteiger partial charge in [0, 0.05) is 5.02 Å². The Morgan fingerprint density at radius 3 is 2.85 bits per heavy atom. The van der Waals surface area contributed by atoms with E-state index < -0.39 is 0 Å². The Hall–Kier alpha value is -0.740. The highest BCUT2D eigenvalue weighted by Gasteiger charge is 2.08. The lowest BCUT2D eigenvalue weighted by Crippen LogP contribution is -1.97. The second-order valence-electron chi connectivity index (χ2n) is 2.23. The van der Waals surface area contributed by atoms with Gasteiger partial charge in [0.15, 0.2) is 5.75 Å². The molecule has 0 radical (unpaired) electrons. The van der Waals surface area contributed by atoms with Crippen LogP contribution in [0.3, 0.4) is 0 Å². The number of carbonyl (C=O) groups is 1. The zero-order valence-electron chi connectivity index (χ0n) is 6.80. The molecule has 13 heavy (non-hydrogen) atoms. The number of halogens is 2. The molecule has 0 atom stereocenters. The van der Waals surface area contributed by atoms with Gasteiger partial charge in [-0.25, -0.2) is 0 Å². The molecule has 1 aromatic carbocycles. The van der Waals surface area contributed by atoms with E-state index in [0.717, 1.165) is 0 Å². The number of hydrogen-bond donors (Lipinski definition) is 1. The van der Waals surface area contributed by atoms with Crippen molar-refractivity contribution >= 4 is 39.6 Å². The minimum atomic E-state index is 0.525. The van der Waals surface area contributed by atoms with Crippen LogP contribution in [0.1, 0.15) is 0 Å². The van der Waals surface area contributed by atoms with Crippen molar-refractivity contribution < 1.29 is 9.53 Å². The molecule has 0 aliphatic carbocycles. The number of amides is 1. The van der Waals surface area contributed by atoms with Crippen molar-refractivity contribution in [2.75, 3.05) is 12.4 Å². The predicted octanol–water partition coefficient (Wildman–Crippen LogP) is 2.68. The first-order chi connectivity index (χ1) is 6.19. The standard InChI is InChI=1S/C8H7BrClNO2/c1-13-8-6(9)2-5(10)3-7(8)11-4-12/h2-4H,1H3,(H,11,12). The normalized spacial score (nSPS) is 9.46. The molecule has 1 rings (SSSR count). The molecule has 70 valence electrons. The third-order valence-electron chi connectivity index (χ3n) is 1.43. The molecule has 1 N–H and O–H groups in total. The highest BCUT2D eigenvalue weighted by molar-refractivity contribution is 9.10. The van der Waals surface area contributed by atoms with E-state index in [0.29, 0.717) is 27.3 Å². The topological polar surface area (TPSA) is 38.3 Å². The van der Waals surface area contributed by atoms with Gasteiger partial charge >= 0.3 is 0 Å². The van der Waals surface area contributed by atoms with Crippen LogP contribution >= 0.6 is 27.5 Å². The molecule has 5 heteroatoms. The Balaban J connectivity index is 3.20. The van der Waals surface area contributed by atoms with Crippen LogP contribution in [0.2, 0.25) is 5.02 Å². The van der Waals surface area contributed by atoms with Gasteiger partial charge in [-0.2, -0.15) is 0 Å². The number of methoxy groups -OCH3 is 1. The molecule has 0 spiro atoms. The van der Waals surface area contributed by atoms with E-state index in [1.54, 1.807) is 12.1 Å². The van der Waals surface area contributed by atoms with Crippen molar-refractivity contribution in [2.24, 2.45) is 0 Å². The van der Waals surface area contributed by atoms with Gasteiger partial charge in [-0.15, -0.1) is 0 Å². The first-order valence-corrected chi connectivity index (χ1v) is 4.59. The largest absolute Gasteiger partial charge is 0.493 e. The Morgan fingerprint density at radius 2 is 2.31 bits per heavy atom. The molecule has 0 heterocycles. The molecule has 0 fully saturated rings. The monoisotopic (exact) mass is 263 g/mol. The fourth-order valence-electron chi connectivity index (χ4n) is 0.939. The average molecular weight is 265 g/mol. The van der Waals surface area contributed by atoms with Gasteiger partial charge in [-0.1, -0.05) is 11.6 Å². The maximum Gasteiger partial charge on any atom is 0.211 e. The van der Waals surface area contributed by atoms with Crippen LogP contribution in [-0.4, -0.2) is 13.5 Å². The Labute approximate surface area is 89.2 Å². The zero-order valence-corrected chi connectivity index (χ0v) is 9.15. The van der Waals surface area contributed by atoms with Crippen LogP contribution in [0.25, 0.3) is 0 Å². The average Bonchev–Trinajstić information content (AvgIpc) is 2.04. The van der Waals surface area contributed by atoms with Gasteiger partial charge in [0.05, 0.1) is 17.3 Å². The molecule has 0 aliphatic heterocycles. The number of carbonyl (C=O) groups excluding carboxylic acids is 1. The summed E-state index contributed by atoms with van der Waals surface area (Å²) >= 11 is 9.04. The van der Waals surface area contributed by atoms with Crippen LogP contribution in [0.5, 0.6) is 5.75 Å². The van der Waals surface area contributed by atoms with Crippen LogP contribution in [-0.2, 0) is 4.79 Å². The minimum absolute atomic E-state index is 0.525. The van der Waals surface area contributed by atoms with Crippen molar-refractivity contribution in [3.63, 3.8) is 0 Å². The lowest BCUT2D eigenvalue weighted by atomic mass is 10.3. The second kappa shape index (κ2) is 4.48. The quantitative estimate of drug-likeness (QED) is 0.853. The van der Waals surface area contributed by atoms with Crippen LogP contribution in [0.4, 0.5) is 5.69 Å². The van der Waals surface area contributed by atoms with Crippen molar-refractivity contribution in [1.29, 1.82) is 0 Å². The molecule has 0 saturated heterocycles. The number of hydrogen-bond acceptors (Lipinski definition) is 2. The third kappa shape index (κ3) is 2.35. The highest BCUT2D eigenvalue weighted by atomic mass is 79.9. The first-order valence-electron chi connectivity index (χ1n) is 3.42. The molecule has 0 aromatic heterocycles. The molecule has 0 aliphatic rings. The summed E-state index contributed by atoms with van der Waals surface area (Å²) in [6.07, 6.45) is 0.570. The van der Waals surface area contributed by atoms with Crippen LogP contribution < -0.4 is 10.1 Å². The van der Waals surface area contributed by atoms with Crippen molar-refractivity contribution in [1.82, 2.24) is 0 Å². The smallest absolute Gasteiger partial charge is 0.211 e. The summed E-state index contributed by atoms with van der Waals surface area (Å²) in [6, 6.07) is 3.30. The van der Waals surface area contributed by atoms with Crippen LogP contribution in [0, 0.1) is 0 Å². The van der Waals surface area contributed by atoms with Gasteiger partial charge in [0.25, 0.3) is 0 Å². The zero-order chi connectivity index (χ0) is 9.84. The van der Waals surface area contributed by atoms with E-state index >= 15 is 0 Å². The van der Waals surface area contributed by atoms with E-state index in [1.807, 2.05) is 0 Å². The van der Waals surface area contributed by atoms with Crippen molar-refractivity contribution in [2.45, 2.75) is 0 Å². The lowest BCUT2D eigenvalue weighted by Gasteiger charge is -2.09. The van der Waals surface area contributed by atoms with Crippen molar-refractivity contribution in [3.05, 3.63) is 21.6 Å². The molecular weight excluding hydrogens is 257 g/mol. The number of rotatable bonds is 3. The maximum atomic E-state index is 10.2. The molecule has 1 aromatic rings. The highest BCUT2D eigenvalue weighted by Crippen LogP contribution is 2.35. The minimum Gasteiger partial charge on any atom is -0.493 e. The summed E-state index contributed by atoms with van der Waals surface area (Å²) in [7, 11) is 1.52. The fourth-order valence-corrected chi connectivity index (χ4v) is 1.91. The van der Waals surface area contributed by atoms with E-state index in [2.05, 4.69) is 21.2 Å². The molecular formula is C8H7BrClNO2. The molecule has 0 saturated carbocycles. The predicted molar refractivity (Wildman–Crippen MR) is 55.4 cm³/mol. The summed E-state index contributed by atoms with van der Waals surface area (Å²) < 4.78 is 5.76. The maximum absolute atomic E-state index is 10.2. The lowest BCUT2D eigenvalue weighted by molar-refractivity contribution is -0.105. The fraction of sp³-hybridized carbons (Fsp3) is 0.125. The first kappa shape index (κ1) is 10.3. The van der Waals surface area contributed by atoms with Crippen LogP contribution in [0.15, 0.2) is 16.6 Å². The molecule has 1 amide bonds. The number of nitrogens with one attached hydrogen (secondary N) is 1. The second-order valence-corrected chi connectivity index (χ2v) is 3.52. The van der Waals surface area contributed by atoms with E-state index in [9.17, 15) is 4.79 Å². The SMILES string of the molecule is COc1c(Br)cc(Cl)cc1NC=O. The Kier molecular flexibility index (Phi) is 3.57. The van der Waals surface area contributed by atoms with Gasteiger partial charge in [0.1, 0.15) is 0 Å².